The van der Waals surface area contributed by atoms with Crippen LogP contribution in [0.1, 0.15) is 33.6 Å². The molecule has 0 aromatic rings. The normalized spacial score (nSPS) is 11.9. The van der Waals surface area contributed by atoms with E-state index in [1.165, 1.54) is 0 Å². The molecular formula is C11H24N2O3. The van der Waals surface area contributed by atoms with Gasteiger partial charge in [-0.15, -0.1) is 0 Å². The summed E-state index contributed by atoms with van der Waals surface area (Å²) in [5, 5.41) is 24.1. The number of amides is 1. The van der Waals surface area contributed by atoms with Crippen molar-refractivity contribution in [3.8, 4) is 0 Å². The summed E-state index contributed by atoms with van der Waals surface area (Å²) in [6.45, 7) is 5.88. The third-order valence-corrected chi connectivity index (χ3v) is 2.58. The zero-order chi connectivity index (χ0) is 12.6. The van der Waals surface area contributed by atoms with Gasteiger partial charge in [-0.1, -0.05) is 6.92 Å². The van der Waals surface area contributed by atoms with Gasteiger partial charge in [-0.2, -0.15) is 0 Å². The van der Waals surface area contributed by atoms with Crippen molar-refractivity contribution in [1.82, 2.24) is 10.6 Å². The van der Waals surface area contributed by atoms with E-state index in [9.17, 15) is 4.79 Å². The van der Waals surface area contributed by atoms with Crippen LogP contribution in [0.4, 0.5) is 0 Å². The van der Waals surface area contributed by atoms with Gasteiger partial charge in [-0.25, -0.2) is 0 Å². The Kier molecular flexibility index (Phi) is 7.29. The fraction of sp³-hybridized carbons (Fsp3) is 0.909. The first-order chi connectivity index (χ1) is 7.49. The van der Waals surface area contributed by atoms with E-state index < -0.39 is 5.54 Å². The second-order valence-electron chi connectivity index (χ2n) is 4.35. The molecule has 0 saturated carbocycles. The van der Waals surface area contributed by atoms with Crippen LogP contribution in [-0.2, 0) is 4.79 Å². The van der Waals surface area contributed by atoms with Gasteiger partial charge >= 0.3 is 0 Å². The predicted octanol–water partition coefficient (Wildman–Crippen LogP) is -0.376. The number of rotatable bonds is 8. The third-order valence-electron chi connectivity index (χ3n) is 2.58. The highest BCUT2D eigenvalue weighted by atomic mass is 16.3. The molecule has 96 valence electrons. The zero-order valence-corrected chi connectivity index (χ0v) is 10.4. The molecule has 0 radical (unpaired) electrons. The lowest BCUT2D eigenvalue weighted by atomic mass is 9.98. The van der Waals surface area contributed by atoms with Crippen molar-refractivity contribution >= 4 is 5.91 Å². The summed E-state index contributed by atoms with van der Waals surface area (Å²) in [4.78, 5) is 11.3. The molecule has 5 heteroatoms. The Morgan fingerprint density at radius 3 is 2.25 bits per heavy atom. The van der Waals surface area contributed by atoms with Gasteiger partial charge in [0.1, 0.15) is 0 Å². The summed E-state index contributed by atoms with van der Waals surface area (Å²) in [6.07, 6.45) is 0.964. The van der Waals surface area contributed by atoms with Crippen LogP contribution >= 0.6 is 0 Å². The van der Waals surface area contributed by atoms with Crippen molar-refractivity contribution in [3.05, 3.63) is 0 Å². The highest BCUT2D eigenvalue weighted by Gasteiger charge is 2.25. The van der Waals surface area contributed by atoms with Crippen molar-refractivity contribution < 1.29 is 15.0 Å². The largest absolute Gasteiger partial charge is 0.394 e. The average Bonchev–Trinajstić information content (AvgIpc) is 2.24. The highest BCUT2D eigenvalue weighted by molar-refractivity contribution is 5.76. The molecule has 1 amide bonds. The molecular weight excluding hydrogens is 208 g/mol. The molecule has 0 aromatic heterocycles. The van der Waals surface area contributed by atoms with Crippen molar-refractivity contribution in [2.75, 3.05) is 19.8 Å². The van der Waals surface area contributed by atoms with E-state index in [-0.39, 0.29) is 25.2 Å². The number of hydrogen-bond acceptors (Lipinski definition) is 4. The molecule has 0 rings (SSSR count). The van der Waals surface area contributed by atoms with Gasteiger partial charge in [-0.3, -0.25) is 4.79 Å². The topological polar surface area (TPSA) is 81.6 Å². The molecule has 4 N–H and O–H groups in total. The summed E-state index contributed by atoms with van der Waals surface area (Å²) < 4.78 is 0. The van der Waals surface area contributed by atoms with E-state index in [0.29, 0.717) is 19.4 Å². The molecule has 0 unspecified atom stereocenters. The van der Waals surface area contributed by atoms with E-state index in [0.717, 1.165) is 0 Å². The average molecular weight is 232 g/mol. The maximum Gasteiger partial charge on any atom is 0.221 e. The minimum Gasteiger partial charge on any atom is -0.394 e. The summed E-state index contributed by atoms with van der Waals surface area (Å²) in [6, 6.07) is 0.138. The van der Waals surface area contributed by atoms with Crippen LogP contribution in [0.25, 0.3) is 0 Å². The standard InChI is InChI=1S/C11H24N2O3/c1-4-11(7-14,8-15)12-6-5-10(16)13-9(2)3/h9,12,14-15H,4-8H2,1-3H3,(H,13,16). The monoisotopic (exact) mass is 232 g/mol. The fourth-order valence-corrected chi connectivity index (χ4v) is 1.35. The van der Waals surface area contributed by atoms with Gasteiger partial charge in [0, 0.05) is 19.0 Å². The lowest BCUT2D eigenvalue weighted by Crippen LogP contribution is -2.52. The fourth-order valence-electron chi connectivity index (χ4n) is 1.35. The van der Waals surface area contributed by atoms with E-state index in [2.05, 4.69) is 10.6 Å². The second kappa shape index (κ2) is 7.60. The van der Waals surface area contributed by atoms with E-state index >= 15 is 0 Å². The molecule has 0 bridgehead atoms. The quantitative estimate of drug-likeness (QED) is 0.460. The van der Waals surface area contributed by atoms with Gasteiger partial charge in [0.15, 0.2) is 0 Å². The highest BCUT2D eigenvalue weighted by Crippen LogP contribution is 2.07. The van der Waals surface area contributed by atoms with Gasteiger partial charge in [0.25, 0.3) is 0 Å². The minimum atomic E-state index is -0.669. The molecule has 0 aliphatic carbocycles. The molecule has 0 aromatic carbocycles. The lowest BCUT2D eigenvalue weighted by Gasteiger charge is -2.29. The van der Waals surface area contributed by atoms with Gasteiger partial charge in [-0.05, 0) is 20.3 Å². The molecule has 0 atom stereocenters. The molecule has 0 spiro atoms. The summed E-state index contributed by atoms with van der Waals surface area (Å²) in [7, 11) is 0. The smallest absolute Gasteiger partial charge is 0.221 e. The van der Waals surface area contributed by atoms with Crippen molar-refractivity contribution in [3.63, 3.8) is 0 Å². The van der Waals surface area contributed by atoms with E-state index in [1.807, 2.05) is 20.8 Å². The summed E-state index contributed by atoms with van der Waals surface area (Å²) in [5.74, 6) is -0.0246. The molecule has 0 heterocycles. The Hall–Kier alpha value is -0.650. The molecule has 5 nitrogen and oxygen atoms in total. The lowest BCUT2D eigenvalue weighted by molar-refractivity contribution is -0.121. The Bertz CT molecular complexity index is 195. The van der Waals surface area contributed by atoms with Crippen molar-refractivity contribution in [1.29, 1.82) is 0 Å². The first kappa shape index (κ1) is 15.3. The number of carbonyl (C=O) groups excluding carboxylic acids is 1. The zero-order valence-electron chi connectivity index (χ0n) is 10.4. The Morgan fingerprint density at radius 1 is 1.31 bits per heavy atom. The van der Waals surface area contributed by atoms with Gasteiger partial charge in [0.05, 0.1) is 18.8 Å². The number of nitrogens with one attached hydrogen (secondary N) is 2. The predicted molar refractivity (Wildman–Crippen MR) is 63.1 cm³/mol. The molecule has 0 aliphatic rings. The van der Waals surface area contributed by atoms with Crippen LogP contribution in [0.3, 0.4) is 0 Å². The maximum atomic E-state index is 11.3. The van der Waals surface area contributed by atoms with Gasteiger partial charge < -0.3 is 20.8 Å². The first-order valence-corrected chi connectivity index (χ1v) is 5.75. The number of aliphatic hydroxyl groups is 2. The van der Waals surface area contributed by atoms with Gasteiger partial charge in [0.2, 0.25) is 5.91 Å². The van der Waals surface area contributed by atoms with Crippen LogP contribution in [0.5, 0.6) is 0 Å². The van der Waals surface area contributed by atoms with Crippen molar-refractivity contribution in [2.24, 2.45) is 0 Å². The Labute approximate surface area is 97.2 Å². The summed E-state index contributed by atoms with van der Waals surface area (Å²) in [5.41, 5.74) is -0.669. The Morgan fingerprint density at radius 2 is 1.88 bits per heavy atom. The van der Waals surface area contributed by atoms with Crippen LogP contribution in [-0.4, -0.2) is 47.5 Å². The molecule has 0 saturated heterocycles. The second-order valence-corrected chi connectivity index (χ2v) is 4.35. The number of hydrogen-bond donors (Lipinski definition) is 4. The first-order valence-electron chi connectivity index (χ1n) is 5.75. The minimum absolute atomic E-state index is 0.0246. The van der Waals surface area contributed by atoms with Crippen molar-refractivity contribution in [2.45, 2.75) is 45.2 Å². The SMILES string of the molecule is CCC(CO)(CO)NCCC(=O)NC(C)C. The number of aliphatic hydroxyl groups excluding tert-OH is 2. The molecule has 0 aliphatic heterocycles. The molecule has 16 heavy (non-hydrogen) atoms. The Balaban J connectivity index is 3.91. The van der Waals surface area contributed by atoms with E-state index in [1.54, 1.807) is 0 Å². The maximum absolute atomic E-state index is 11.3. The number of carbonyl (C=O) groups is 1. The molecule has 0 fully saturated rings. The van der Waals surface area contributed by atoms with E-state index in [4.69, 9.17) is 10.2 Å². The van der Waals surface area contributed by atoms with Crippen LogP contribution < -0.4 is 10.6 Å². The van der Waals surface area contributed by atoms with Crippen LogP contribution in [0.2, 0.25) is 0 Å². The van der Waals surface area contributed by atoms with Crippen LogP contribution in [0.15, 0.2) is 0 Å². The summed E-state index contributed by atoms with van der Waals surface area (Å²) >= 11 is 0. The third kappa shape index (κ3) is 5.44. The van der Waals surface area contributed by atoms with Crippen LogP contribution in [0, 0.1) is 0 Å².